The van der Waals surface area contributed by atoms with Crippen molar-refractivity contribution in [2.24, 2.45) is 5.90 Å². The summed E-state index contributed by atoms with van der Waals surface area (Å²) >= 11 is 0. The van der Waals surface area contributed by atoms with Crippen LogP contribution in [0.2, 0.25) is 0 Å². The minimum Gasteiger partial charge on any atom is -0.493 e. The molecule has 0 radical (unpaired) electrons. The molecule has 0 saturated heterocycles. The van der Waals surface area contributed by atoms with Crippen LogP contribution in [0.5, 0.6) is 5.75 Å². The molecule has 0 atom stereocenters. The van der Waals surface area contributed by atoms with Gasteiger partial charge in [-0.25, -0.2) is 5.90 Å². The zero-order valence-electron chi connectivity index (χ0n) is 7.45. The number of hydrogen-bond acceptors (Lipinski definition) is 3. The molecule has 0 fully saturated rings. The standard InChI is InChI=1S/C10H13NO2/c11-13-7-5-9-3-1-2-8-4-6-12-10(8)9/h1-3H,4-7,11H2. The van der Waals surface area contributed by atoms with Gasteiger partial charge >= 0.3 is 0 Å². The van der Waals surface area contributed by atoms with Gasteiger partial charge in [0, 0.05) is 12.8 Å². The van der Waals surface area contributed by atoms with Crippen molar-refractivity contribution < 1.29 is 9.57 Å². The van der Waals surface area contributed by atoms with E-state index in [9.17, 15) is 0 Å². The monoisotopic (exact) mass is 179 g/mol. The van der Waals surface area contributed by atoms with Gasteiger partial charge in [-0.05, 0) is 11.1 Å². The van der Waals surface area contributed by atoms with E-state index >= 15 is 0 Å². The van der Waals surface area contributed by atoms with Crippen molar-refractivity contribution in [3.63, 3.8) is 0 Å². The Morgan fingerprint density at radius 1 is 1.46 bits per heavy atom. The minimum absolute atomic E-state index is 0.541. The SMILES string of the molecule is NOCCc1cccc2c1OCC2. The predicted octanol–water partition coefficient (Wildman–Crippen LogP) is 1.05. The first-order chi connectivity index (χ1) is 6.42. The molecule has 1 aliphatic heterocycles. The van der Waals surface area contributed by atoms with Gasteiger partial charge in [-0.3, -0.25) is 0 Å². The summed E-state index contributed by atoms with van der Waals surface area (Å²) in [6.07, 6.45) is 1.84. The van der Waals surface area contributed by atoms with Gasteiger partial charge < -0.3 is 9.57 Å². The molecule has 3 heteroatoms. The van der Waals surface area contributed by atoms with Crippen LogP contribution in [0.25, 0.3) is 0 Å². The average molecular weight is 179 g/mol. The Morgan fingerprint density at radius 3 is 3.23 bits per heavy atom. The fourth-order valence-electron chi connectivity index (χ4n) is 1.65. The summed E-state index contributed by atoms with van der Waals surface area (Å²) in [7, 11) is 0. The first-order valence-electron chi connectivity index (χ1n) is 4.47. The van der Waals surface area contributed by atoms with Gasteiger partial charge in [0.1, 0.15) is 5.75 Å². The van der Waals surface area contributed by atoms with Crippen LogP contribution >= 0.6 is 0 Å². The summed E-state index contributed by atoms with van der Waals surface area (Å²) in [5, 5.41) is 0. The molecule has 0 amide bonds. The van der Waals surface area contributed by atoms with Gasteiger partial charge in [0.2, 0.25) is 0 Å². The topological polar surface area (TPSA) is 44.5 Å². The highest BCUT2D eigenvalue weighted by molar-refractivity contribution is 5.44. The van der Waals surface area contributed by atoms with Gasteiger partial charge in [0.05, 0.1) is 13.2 Å². The molecule has 70 valence electrons. The van der Waals surface area contributed by atoms with E-state index in [1.165, 1.54) is 11.1 Å². The Bertz CT molecular complexity index is 299. The van der Waals surface area contributed by atoms with Crippen LogP contribution in [0, 0.1) is 0 Å². The van der Waals surface area contributed by atoms with Crippen LogP contribution in [0.1, 0.15) is 11.1 Å². The maximum absolute atomic E-state index is 5.53. The Labute approximate surface area is 77.4 Å². The molecule has 2 rings (SSSR count). The molecule has 1 aliphatic rings. The number of nitrogens with two attached hydrogens (primary N) is 1. The highest BCUT2D eigenvalue weighted by Gasteiger charge is 2.14. The normalized spacial score (nSPS) is 13.9. The Hall–Kier alpha value is -1.06. The summed E-state index contributed by atoms with van der Waals surface area (Å²) in [6.45, 7) is 1.34. The van der Waals surface area contributed by atoms with E-state index in [2.05, 4.69) is 23.0 Å². The molecular weight excluding hydrogens is 166 g/mol. The van der Waals surface area contributed by atoms with Crippen LogP contribution in [-0.4, -0.2) is 13.2 Å². The molecule has 0 bridgehead atoms. The predicted molar refractivity (Wildman–Crippen MR) is 49.5 cm³/mol. The summed E-state index contributed by atoms with van der Waals surface area (Å²) < 4.78 is 5.53. The number of benzene rings is 1. The van der Waals surface area contributed by atoms with Gasteiger partial charge in [0.25, 0.3) is 0 Å². The number of hydrogen-bond donors (Lipinski definition) is 1. The van der Waals surface area contributed by atoms with Crippen molar-refractivity contribution in [3.05, 3.63) is 29.3 Å². The summed E-state index contributed by atoms with van der Waals surface area (Å²) in [5.74, 6) is 6.02. The maximum Gasteiger partial charge on any atom is 0.125 e. The molecule has 2 N–H and O–H groups in total. The van der Waals surface area contributed by atoms with E-state index in [4.69, 9.17) is 10.6 Å². The molecule has 0 aromatic heterocycles. The second kappa shape index (κ2) is 3.77. The van der Waals surface area contributed by atoms with E-state index in [1.54, 1.807) is 0 Å². The lowest BCUT2D eigenvalue weighted by atomic mass is 10.1. The first kappa shape index (κ1) is 8.53. The number of rotatable bonds is 3. The quantitative estimate of drug-likeness (QED) is 0.705. The fraction of sp³-hybridized carbons (Fsp3) is 0.400. The molecule has 3 nitrogen and oxygen atoms in total. The molecule has 13 heavy (non-hydrogen) atoms. The second-order valence-corrected chi connectivity index (χ2v) is 3.12. The van der Waals surface area contributed by atoms with Gasteiger partial charge in [-0.2, -0.15) is 0 Å². The van der Waals surface area contributed by atoms with Crippen LogP contribution in [-0.2, 0) is 17.7 Å². The van der Waals surface area contributed by atoms with Crippen molar-refractivity contribution in [2.75, 3.05) is 13.2 Å². The first-order valence-corrected chi connectivity index (χ1v) is 4.47. The third kappa shape index (κ3) is 1.66. The molecule has 0 saturated carbocycles. The lowest BCUT2D eigenvalue weighted by molar-refractivity contribution is 0.140. The van der Waals surface area contributed by atoms with Crippen molar-refractivity contribution in [1.29, 1.82) is 0 Å². The maximum atomic E-state index is 5.53. The lowest BCUT2D eigenvalue weighted by Gasteiger charge is -2.06. The third-order valence-corrected chi connectivity index (χ3v) is 2.29. The van der Waals surface area contributed by atoms with E-state index < -0.39 is 0 Å². The number of ether oxygens (including phenoxy) is 1. The average Bonchev–Trinajstić information content (AvgIpc) is 2.62. The number of para-hydroxylation sites is 1. The zero-order chi connectivity index (χ0) is 9.10. The second-order valence-electron chi connectivity index (χ2n) is 3.12. The largest absolute Gasteiger partial charge is 0.493 e. The molecule has 1 aromatic carbocycles. The molecular formula is C10H13NO2. The highest BCUT2D eigenvalue weighted by atomic mass is 16.6. The third-order valence-electron chi connectivity index (χ3n) is 2.29. The van der Waals surface area contributed by atoms with Crippen molar-refractivity contribution >= 4 is 0 Å². The van der Waals surface area contributed by atoms with Crippen LogP contribution in [0.4, 0.5) is 0 Å². The summed E-state index contributed by atoms with van der Waals surface area (Å²) in [4.78, 5) is 4.55. The molecule has 0 spiro atoms. The van der Waals surface area contributed by atoms with Crippen LogP contribution < -0.4 is 10.6 Å². The molecule has 0 unspecified atom stereocenters. The van der Waals surface area contributed by atoms with Crippen molar-refractivity contribution in [1.82, 2.24) is 0 Å². The smallest absolute Gasteiger partial charge is 0.125 e. The van der Waals surface area contributed by atoms with E-state index in [0.717, 1.165) is 25.2 Å². The van der Waals surface area contributed by atoms with Gasteiger partial charge in [-0.1, -0.05) is 18.2 Å². The van der Waals surface area contributed by atoms with Crippen molar-refractivity contribution in [3.8, 4) is 5.75 Å². The van der Waals surface area contributed by atoms with Crippen molar-refractivity contribution in [2.45, 2.75) is 12.8 Å². The molecule has 1 aromatic rings. The van der Waals surface area contributed by atoms with E-state index in [-0.39, 0.29) is 0 Å². The lowest BCUT2D eigenvalue weighted by Crippen LogP contribution is -2.04. The van der Waals surface area contributed by atoms with Gasteiger partial charge in [0.15, 0.2) is 0 Å². The van der Waals surface area contributed by atoms with E-state index in [0.29, 0.717) is 6.61 Å². The van der Waals surface area contributed by atoms with E-state index in [1.807, 2.05) is 0 Å². The Balaban J connectivity index is 2.20. The molecule has 1 heterocycles. The minimum atomic E-state index is 0.541. The van der Waals surface area contributed by atoms with Gasteiger partial charge in [-0.15, -0.1) is 0 Å². The Morgan fingerprint density at radius 2 is 2.38 bits per heavy atom. The summed E-state index contributed by atoms with van der Waals surface area (Å²) in [6, 6.07) is 6.22. The number of fused-ring (bicyclic) bond motifs is 1. The summed E-state index contributed by atoms with van der Waals surface area (Å²) in [5.41, 5.74) is 2.50. The van der Waals surface area contributed by atoms with Crippen LogP contribution in [0.15, 0.2) is 18.2 Å². The Kier molecular flexibility index (Phi) is 2.47. The van der Waals surface area contributed by atoms with Crippen LogP contribution in [0.3, 0.4) is 0 Å². The highest BCUT2D eigenvalue weighted by Crippen LogP contribution is 2.29. The zero-order valence-corrected chi connectivity index (χ0v) is 7.45. The fourth-order valence-corrected chi connectivity index (χ4v) is 1.65. The molecule has 0 aliphatic carbocycles.